The third-order valence-electron chi connectivity index (χ3n) is 5.73. The van der Waals surface area contributed by atoms with Crippen LogP contribution in [0.5, 0.6) is 0 Å². The predicted molar refractivity (Wildman–Crippen MR) is 143 cm³/mol. The first kappa shape index (κ1) is 35.9. The molecule has 3 fully saturated rings. The van der Waals surface area contributed by atoms with Crippen LogP contribution < -0.4 is 11.1 Å². The highest BCUT2D eigenvalue weighted by Gasteiger charge is 2.21. The normalized spacial score (nSPS) is 16.0. The Balaban J connectivity index is 0.000000526. The largest absolute Gasteiger partial charge is 0.466 e. The second-order valence-electron chi connectivity index (χ2n) is 8.98. The summed E-state index contributed by atoms with van der Waals surface area (Å²) in [5.41, 5.74) is 4.49. The van der Waals surface area contributed by atoms with Gasteiger partial charge in [-0.25, -0.2) is 9.59 Å². The molecule has 222 valence electrons. The number of aliphatic hydroxyl groups excluding tert-OH is 1. The van der Waals surface area contributed by atoms with Crippen molar-refractivity contribution in [1.82, 2.24) is 5.32 Å². The molecule has 3 aliphatic carbocycles. The number of carbonyl (C=O) groups excluding carboxylic acids is 4. The van der Waals surface area contributed by atoms with Gasteiger partial charge in [0, 0.05) is 31.0 Å². The van der Waals surface area contributed by atoms with Crippen LogP contribution in [0, 0.1) is 0 Å². The molecular formula is C26H47ClN2O9. The van der Waals surface area contributed by atoms with Crippen molar-refractivity contribution in [1.29, 1.82) is 0 Å². The van der Waals surface area contributed by atoms with Crippen molar-refractivity contribution in [2.24, 2.45) is 5.73 Å². The van der Waals surface area contributed by atoms with Gasteiger partial charge in [-0.15, -0.1) is 0 Å². The van der Waals surface area contributed by atoms with E-state index in [-0.39, 0.29) is 36.3 Å². The number of carbonyl (C=O) groups is 4. The highest BCUT2D eigenvalue weighted by Crippen LogP contribution is 2.22. The van der Waals surface area contributed by atoms with E-state index in [0.29, 0.717) is 45.6 Å². The van der Waals surface area contributed by atoms with Crippen molar-refractivity contribution >= 4 is 35.1 Å². The van der Waals surface area contributed by atoms with Crippen LogP contribution >= 0.6 is 11.6 Å². The molecule has 11 nitrogen and oxygen atoms in total. The molecule has 3 saturated carbocycles. The molecule has 0 heterocycles. The van der Waals surface area contributed by atoms with Crippen LogP contribution in [0.15, 0.2) is 0 Å². The maximum atomic E-state index is 11.2. The molecule has 0 saturated heterocycles. The molecule has 3 aliphatic rings. The lowest BCUT2D eigenvalue weighted by molar-refractivity contribution is -0.144. The molecule has 0 bridgehead atoms. The molecule has 4 N–H and O–H groups in total. The summed E-state index contributed by atoms with van der Waals surface area (Å²) in [5.74, 6) is -0.375. The molecule has 0 aromatic rings. The van der Waals surface area contributed by atoms with E-state index in [2.05, 4.69) is 14.8 Å². The van der Waals surface area contributed by atoms with Crippen molar-refractivity contribution in [2.75, 3.05) is 26.3 Å². The van der Waals surface area contributed by atoms with Crippen LogP contribution in [0.1, 0.15) is 97.3 Å². The standard InChI is InChI=1S/C11H19NO4.C6H13NO2.C5H7ClO2.C4H8O/c1-2-15-10(13)7-4-8-12-11(14)16-9-5-3-6-9;1-2-9-6(8)4-3-5-7;6-5(7)8-4-2-1-3-4;5-4-2-1-3-4/h9H,2-8H2,1H3,(H,12,14);2-5,7H2,1H3;4H,1-3H2;4-5H,1-3H2. The topological polar surface area (TPSA) is 163 Å². The van der Waals surface area contributed by atoms with Crippen LogP contribution in [0.2, 0.25) is 0 Å². The van der Waals surface area contributed by atoms with Crippen molar-refractivity contribution in [2.45, 2.75) is 116 Å². The lowest BCUT2D eigenvalue weighted by Gasteiger charge is -2.25. The number of halogens is 1. The molecule has 1 amide bonds. The Morgan fingerprint density at radius 2 is 1.26 bits per heavy atom. The number of esters is 2. The molecular weight excluding hydrogens is 520 g/mol. The maximum Gasteiger partial charge on any atom is 0.407 e. The molecule has 0 unspecified atom stereocenters. The van der Waals surface area contributed by atoms with Gasteiger partial charge in [0.1, 0.15) is 12.2 Å². The van der Waals surface area contributed by atoms with Gasteiger partial charge in [0.2, 0.25) is 0 Å². The zero-order valence-electron chi connectivity index (χ0n) is 22.9. The van der Waals surface area contributed by atoms with Crippen molar-refractivity contribution in [3.63, 3.8) is 0 Å². The van der Waals surface area contributed by atoms with E-state index in [1.165, 1.54) is 6.42 Å². The van der Waals surface area contributed by atoms with E-state index < -0.39 is 5.43 Å². The molecule has 12 heteroatoms. The predicted octanol–water partition coefficient (Wildman–Crippen LogP) is 4.34. The Kier molecular flexibility index (Phi) is 22.6. The maximum absolute atomic E-state index is 11.2. The summed E-state index contributed by atoms with van der Waals surface area (Å²) < 4.78 is 19.1. The summed E-state index contributed by atoms with van der Waals surface area (Å²) in [5, 5.41) is 11.1. The Morgan fingerprint density at radius 1 is 0.816 bits per heavy atom. The zero-order valence-corrected chi connectivity index (χ0v) is 23.7. The minimum atomic E-state index is -0.672. The van der Waals surface area contributed by atoms with Gasteiger partial charge in [-0.3, -0.25) is 9.59 Å². The highest BCUT2D eigenvalue weighted by molar-refractivity contribution is 6.61. The Bertz CT molecular complexity index is 655. The third kappa shape index (κ3) is 21.9. The first-order valence-corrected chi connectivity index (χ1v) is 14.1. The monoisotopic (exact) mass is 566 g/mol. The van der Waals surface area contributed by atoms with Crippen molar-refractivity contribution < 1.29 is 43.2 Å². The lowest BCUT2D eigenvalue weighted by Crippen LogP contribution is -2.33. The summed E-state index contributed by atoms with van der Waals surface area (Å²) in [6.45, 7) is 5.43. The number of hydrogen-bond donors (Lipinski definition) is 3. The van der Waals surface area contributed by atoms with Crippen molar-refractivity contribution in [3.05, 3.63) is 0 Å². The molecule has 0 atom stereocenters. The van der Waals surface area contributed by atoms with Crippen LogP contribution in [-0.2, 0) is 28.5 Å². The van der Waals surface area contributed by atoms with Crippen LogP contribution in [0.25, 0.3) is 0 Å². The van der Waals surface area contributed by atoms with Gasteiger partial charge in [0.05, 0.1) is 19.3 Å². The average molecular weight is 567 g/mol. The number of amides is 1. The minimum absolute atomic E-state index is 0.0648. The fourth-order valence-corrected chi connectivity index (χ4v) is 2.95. The van der Waals surface area contributed by atoms with Crippen molar-refractivity contribution in [3.8, 4) is 0 Å². The molecule has 0 aromatic carbocycles. The van der Waals surface area contributed by atoms with E-state index >= 15 is 0 Å². The fourth-order valence-electron chi connectivity index (χ4n) is 2.82. The van der Waals surface area contributed by atoms with E-state index in [4.69, 9.17) is 31.9 Å². The summed E-state index contributed by atoms with van der Waals surface area (Å²) >= 11 is 4.92. The van der Waals surface area contributed by atoms with Crippen LogP contribution in [-0.4, -0.2) is 73.2 Å². The third-order valence-corrected chi connectivity index (χ3v) is 5.82. The van der Waals surface area contributed by atoms with Gasteiger partial charge in [-0.05, 0) is 91.0 Å². The first-order chi connectivity index (χ1) is 18.2. The van der Waals surface area contributed by atoms with Gasteiger partial charge in [0.15, 0.2) is 0 Å². The lowest BCUT2D eigenvalue weighted by atomic mass is 9.96. The molecule has 38 heavy (non-hydrogen) atoms. The molecule has 0 aromatic heterocycles. The number of hydrogen-bond acceptors (Lipinski definition) is 10. The van der Waals surface area contributed by atoms with Gasteiger partial charge in [-0.2, -0.15) is 0 Å². The van der Waals surface area contributed by atoms with E-state index in [9.17, 15) is 19.2 Å². The van der Waals surface area contributed by atoms with E-state index in [0.717, 1.165) is 57.8 Å². The van der Waals surface area contributed by atoms with E-state index in [1.807, 2.05) is 0 Å². The zero-order chi connectivity index (χ0) is 28.6. The van der Waals surface area contributed by atoms with Gasteiger partial charge >= 0.3 is 23.5 Å². The molecule has 3 rings (SSSR count). The Morgan fingerprint density at radius 3 is 1.58 bits per heavy atom. The summed E-state index contributed by atoms with van der Waals surface area (Å²) in [7, 11) is 0. The second-order valence-corrected chi connectivity index (χ2v) is 9.29. The summed E-state index contributed by atoms with van der Waals surface area (Å²) in [4.78, 5) is 42.6. The number of rotatable bonds is 11. The Hall–Kier alpha value is -2.11. The van der Waals surface area contributed by atoms with E-state index in [1.54, 1.807) is 13.8 Å². The number of ether oxygens (including phenoxy) is 4. The minimum Gasteiger partial charge on any atom is -0.466 e. The van der Waals surface area contributed by atoms with Gasteiger partial charge in [-0.1, -0.05) is 0 Å². The number of aliphatic hydroxyl groups is 1. The molecule has 0 aliphatic heterocycles. The number of nitrogens with two attached hydrogens (primary N) is 1. The smallest absolute Gasteiger partial charge is 0.407 e. The van der Waals surface area contributed by atoms with Crippen LogP contribution in [0.4, 0.5) is 9.59 Å². The number of alkyl carbamates (subject to hydrolysis) is 1. The second kappa shape index (κ2) is 24.0. The van der Waals surface area contributed by atoms with Crippen LogP contribution in [0.3, 0.4) is 0 Å². The highest BCUT2D eigenvalue weighted by atomic mass is 35.5. The molecule has 0 radical (unpaired) electrons. The molecule has 0 spiro atoms. The number of nitrogens with one attached hydrogen (secondary N) is 1. The Labute approximate surface area is 231 Å². The first-order valence-electron chi connectivity index (χ1n) is 13.7. The SMILES string of the molecule is CCOC(=O)CCCN.CCOC(=O)CCCNC(=O)OC1CCC1.O=C(Cl)OC1CCC1.OC1CCC1. The average Bonchev–Trinajstić information content (AvgIpc) is 2.80. The fraction of sp³-hybridized carbons (Fsp3) is 0.846. The summed E-state index contributed by atoms with van der Waals surface area (Å²) in [6, 6.07) is 0. The summed E-state index contributed by atoms with van der Waals surface area (Å²) in [6.07, 6.45) is 11.5. The quantitative estimate of drug-likeness (QED) is 0.142. The van der Waals surface area contributed by atoms with Gasteiger partial charge < -0.3 is 35.1 Å². The van der Waals surface area contributed by atoms with Gasteiger partial charge in [0.25, 0.3) is 0 Å².